The van der Waals surface area contributed by atoms with Crippen molar-refractivity contribution in [3.8, 4) is 0 Å². The molecule has 1 saturated heterocycles. The molecule has 3 heteroatoms. The normalized spacial score (nSPS) is 49.1. The van der Waals surface area contributed by atoms with Gasteiger partial charge in [0.2, 0.25) is 0 Å². The van der Waals surface area contributed by atoms with Gasteiger partial charge in [-0.05, 0) is 36.5 Å². The number of rotatable bonds is 0. The number of hydrogen-bond acceptors (Lipinski definition) is 3. The average molecular weight is 222 g/mol. The smallest absolute Gasteiger partial charge is 0.320 e. The van der Waals surface area contributed by atoms with Gasteiger partial charge in [-0.3, -0.25) is 9.59 Å². The van der Waals surface area contributed by atoms with Gasteiger partial charge in [-0.2, -0.15) is 0 Å². The van der Waals surface area contributed by atoms with Crippen LogP contribution >= 0.6 is 0 Å². The maximum absolute atomic E-state index is 12.1. The van der Waals surface area contributed by atoms with E-state index in [1.165, 1.54) is 0 Å². The van der Waals surface area contributed by atoms with E-state index in [1.54, 1.807) is 0 Å². The quantitative estimate of drug-likeness (QED) is 0.466. The molecule has 16 heavy (non-hydrogen) atoms. The number of esters is 2. The summed E-state index contributed by atoms with van der Waals surface area (Å²) in [7, 11) is 0. The van der Waals surface area contributed by atoms with Crippen LogP contribution in [0.1, 0.15) is 40.0 Å². The average Bonchev–Trinajstić information content (AvgIpc) is 2.58. The minimum atomic E-state index is -0.332. The van der Waals surface area contributed by atoms with Crippen molar-refractivity contribution in [1.29, 1.82) is 0 Å². The van der Waals surface area contributed by atoms with Crippen molar-refractivity contribution in [3.63, 3.8) is 0 Å². The molecule has 3 nitrogen and oxygen atoms in total. The largest absolute Gasteiger partial charge is 0.392 e. The molecule has 0 amide bonds. The fourth-order valence-corrected chi connectivity index (χ4v) is 4.55. The molecular weight excluding hydrogens is 204 g/mol. The molecular formula is C13H18O3. The number of cyclic esters (lactones) is 2. The zero-order chi connectivity index (χ0) is 11.7. The maximum atomic E-state index is 12.1. The third-order valence-corrected chi connectivity index (χ3v) is 5.27. The van der Waals surface area contributed by atoms with Crippen molar-refractivity contribution in [2.24, 2.45) is 28.6 Å². The van der Waals surface area contributed by atoms with Crippen LogP contribution in [0.4, 0.5) is 0 Å². The van der Waals surface area contributed by atoms with Crippen LogP contribution in [-0.2, 0) is 14.3 Å². The van der Waals surface area contributed by atoms with Gasteiger partial charge in [0.25, 0.3) is 0 Å². The summed E-state index contributed by atoms with van der Waals surface area (Å²) in [5.74, 6) is 0.309. The van der Waals surface area contributed by atoms with E-state index in [9.17, 15) is 9.59 Å². The zero-order valence-electron chi connectivity index (χ0n) is 10.1. The Kier molecular flexibility index (Phi) is 1.73. The van der Waals surface area contributed by atoms with Crippen molar-refractivity contribution >= 4 is 11.9 Å². The van der Waals surface area contributed by atoms with E-state index >= 15 is 0 Å². The highest BCUT2D eigenvalue weighted by atomic mass is 16.6. The third-order valence-electron chi connectivity index (χ3n) is 5.27. The van der Waals surface area contributed by atoms with Crippen molar-refractivity contribution in [2.75, 3.05) is 0 Å². The summed E-state index contributed by atoms with van der Waals surface area (Å²) in [6, 6.07) is 0. The molecule has 2 bridgehead atoms. The summed E-state index contributed by atoms with van der Waals surface area (Å²) >= 11 is 0. The van der Waals surface area contributed by atoms with Crippen LogP contribution in [0.2, 0.25) is 0 Å². The first kappa shape index (κ1) is 10.3. The molecule has 2 aliphatic carbocycles. The van der Waals surface area contributed by atoms with Crippen LogP contribution in [0.3, 0.4) is 0 Å². The predicted molar refractivity (Wildman–Crippen MR) is 57.3 cm³/mol. The van der Waals surface area contributed by atoms with Gasteiger partial charge >= 0.3 is 11.9 Å². The number of carbonyl (C=O) groups is 2. The summed E-state index contributed by atoms with van der Waals surface area (Å²) in [6.45, 7) is 6.45. The van der Waals surface area contributed by atoms with E-state index in [0.717, 1.165) is 19.3 Å². The lowest BCUT2D eigenvalue weighted by molar-refractivity contribution is -0.175. The number of ether oxygens (including phenoxy) is 1. The van der Waals surface area contributed by atoms with Gasteiger partial charge in [0, 0.05) is 0 Å². The Hall–Kier alpha value is -0.860. The Labute approximate surface area is 95.5 Å². The number of hydrogen-bond donors (Lipinski definition) is 0. The molecule has 0 radical (unpaired) electrons. The summed E-state index contributed by atoms with van der Waals surface area (Å²) in [5.41, 5.74) is -0.407. The second-order valence-corrected chi connectivity index (χ2v) is 6.54. The Balaban J connectivity index is 2.12. The molecule has 0 aromatic carbocycles. The van der Waals surface area contributed by atoms with Gasteiger partial charge in [0.05, 0.1) is 11.3 Å². The number of carbonyl (C=O) groups excluding carboxylic acids is 2. The molecule has 1 spiro atoms. The summed E-state index contributed by atoms with van der Waals surface area (Å²) in [5, 5.41) is 0. The fraction of sp³-hybridized carbons (Fsp3) is 0.846. The van der Waals surface area contributed by atoms with E-state index in [4.69, 9.17) is 4.74 Å². The SMILES string of the molecule is C[C@@H]1C[C@@H]2C(C)(C)[C@@H]3C[C@@]2(C1)C(=O)OC3=O. The fourth-order valence-electron chi connectivity index (χ4n) is 4.55. The van der Waals surface area contributed by atoms with Crippen molar-refractivity contribution < 1.29 is 14.3 Å². The van der Waals surface area contributed by atoms with Crippen LogP contribution in [0.15, 0.2) is 0 Å². The molecule has 3 fully saturated rings. The molecule has 0 unspecified atom stereocenters. The summed E-state index contributed by atoms with van der Waals surface area (Å²) in [4.78, 5) is 23.8. The molecule has 88 valence electrons. The van der Waals surface area contributed by atoms with Crippen molar-refractivity contribution in [2.45, 2.75) is 40.0 Å². The second-order valence-electron chi connectivity index (χ2n) is 6.54. The van der Waals surface area contributed by atoms with Crippen LogP contribution in [-0.4, -0.2) is 11.9 Å². The molecule has 0 aromatic rings. The molecule has 4 atom stereocenters. The molecule has 3 aliphatic rings. The topological polar surface area (TPSA) is 43.4 Å². The first-order valence-corrected chi connectivity index (χ1v) is 6.14. The van der Waals surface area contributed by atoms with Crippen LogP contribution in [0.25, 0.3) is 0 Å². The van der Waals surface area contributed by atoms with E-state index in [2.05, 4.69) is 20.8 Å². The highest BCUT2D eigenvalue weighted by Gasteiger charge is 2.70. The summed E-state index contributed by atoms with van der Waals surface area (Å²) in [6.07, 6.45) is 2.70. The highest BCUT2D eigenvalue weighted by molar-refractivity contribution is 5.95. The monoisotopic (exact) mass is 222 g/mol. The predicted octanol–water partition coefficient (Wildman–Crippen LogP) is 2.15. The first-order chi connectivity index (χ1) is 7.38. The van der Waals surface area contributed by atoms with Gasteiger partial charge in [-0.1, -0.05) is 20.8 Å². The Morgan fingerprint density at radius 2 is 1.94 bits per heavy atom. The van der Waals surface area contributed by atoms with Gasteiger partial charge in [0.1, 0.15) is 0 Å². The Bertz CT molecular complexity index is 385. The van der Waals surface area contributed by atoms with E-state index in [1.807, 2.05) is 0 Å². The van der Waals surface area contributed by atoms with Crippen LogP contribution in [0, 0.1) is 28.6 Å². The standard InChI is InChI=1S/C13H18O3/c1-7-4-9-12(2,3)8-6-13(9,5-7)11(15)16-10(8)14/h7-9H,4-6H2,1-3H3/t7-,8-,9-,13-/m1/s1. The lowest BCUT2D eigenvalue weighted by Gasteiger charge is -2.30. The molecule has 2 saturated carbocycles. The lowest BCUT2D eigenvalue weighted by atomic mass is 9.71. The second kappa shape index (κ2) is 2.69. The molecule has 0 N–H and O–H groups in total. The maximum Gasteiger partial charge on any atom is 0.320 e. The van der Waals surface area contributed by atoms with Gasteiger partial charge < -0.3 is 4.74 Å². The first-order valence-electron chi connectivity index (χ1n) is 6.14. The minimum absolute atomic E-state index is 0.0669. The van der Waals surface area contributed by atoms with Crippen molar-refractivity contribution in [1.82, 2.24) is 0 Å². The molecule has 1 aliphatic heterocycles. The van der Waals surface area contributed by atoms with Gasteiger partial charge in [0.15, 0.2) is 0 Å². The van der Waals surface area contributed by atoms with E-state index in [0.29, 0.717) is 11.8 Å². The zero-order valence-corrected chi connectivity index (χ0v) is 10.1. The molecule has 3 rings (SSSR count). The lowest BCUT2D eigenvalue weighted by Crippen LogP contribution is -2.39. The van der Waals surface area contributed by atoms with Crippen molar-refractivity contribution in [3.05, 3.63) is 0 Å². The third kappa shape index (κ3) is 0.950. The highest BCUT2D eigenvalue weighted by Crippen LogP contribution is 2.68. The van der Waals surface area contributed by atoms with Crippen LogP contribution < -0.4 is 0 Å². The van der Waals surface area contributed by atoms with Crippen LogP contribution in [0.5, 0.6) is 0 Å². The Morgan fingerprint density at radius 3 is 2.62 bits per heavy atom. The molecule has 0 aromatic heterocycles. The number of fused-ring (bicyclic) bond motifs is 1. The molecule has 1 heterocycles. The van der Waals surface area contributed by atoms with E-state index < -0.39 is 0 Å². The minimum Gasteiger partial charge on any atom is -0.392 e. The van der Waals surface area contributed by atoms with E-state index in [-0.39, 0.29) is 28.7 Å². The van der Waals surface area contributed by atoms with Gasteiger partial charge in [-0.25, -0.2) is 0 Å². The summed E-state index contributed by atoms with van der Waals surface area (Å²) < 4.78 is 4.98. The van der Waals surface area contributed by atoms with Gasteiger partial charge in [-0.15, -0.1) is 0 Å². The Morgan fingerprint density at radius 1 is 1.25 bits per heavy atom.